The maximum atomic E-state index is 8.82. The monoisotopic (exact) mass is 194 g/mol. The van der Waals surface area contributed by atoms with Crippen LogP contribution in [0.3, 0.4) is 0 Å². The van der Waals surface area contributed by atoms with Crippen LogP contribution in [0.2, 0.25) is 0 Å². The maximum absolute atomic E-state index is 8.82. The summed E-state index contributed by atoms with van der Waals surface area (Å²) in [6.45, 7) is 2.24. The Balaban J connectivity index is 1.73. The van der Waals surface area contributed by atoms with Crippen LogP contribution in [0.1, 0.15) is 25.7 Å². The number of nitriles is 1. The van der Waals surface area contributed by atoms with Gasteiger partial charge in [-0.05, 0) is 43.4 Å². The quantitative estimate of drug-likeness (QED) is 0.687. The van der Waals surface area contributed by atoms with Crippen molar-refractivity contribution in [2.24, 2.45) is 17.8 Å². The Morgan fingerprint density at radius 2 is 2.07 bits per heavy atom. The average molecular weight is 194 g/mol. The van der Waals surface area contributed by atoms with Gasteiger partial charge in [-0.1, -0.05) is 0 Å². The van der Waals surface area contributed by atoms with Crippen molar-refractivity contribution in [1.29, 1.82) is 5.26 Å². The highest BCUT2D eigenvalue weighted by molar-refractivity contribution is 4.94. The third-order valence-corrected chi connectivity index (χ3v) is 3.76. The summed E-state index contributed by atoms with van der Waals surface area (Å²) in [5, 5.41) is 17.5. The lowest BCUT2D eigenvalue weighted by Crippen LogP contribution is -2.30. The summed E-state index contributed by atoms with van der Waals surface area (Å²) in [5.74, 6) is 2.48. The van der Waals surface area contributed by atoms with Crippen LogP contribution in [0.15, 0.2) is 0 Å². The molecule has 1 aliphatic carbocycles. The van der Waals surface area contributed by atoms with Gasteiger partial charge in [-0.25, -0.2) is 0 Å². The van der Waals surface area contributed by atoms with Crippen LogP contribution in [0.25, 0.3) is 0 Å². The fourth-order valence-electron chi connectivity index (χ4n) is 2.77. The largest absolute Gasteiger partial charge is 0.396 e. The number of rotatable bonds is 3. The van der Waals surface area contributed by atoms with Gasteiger partial charge in [0.1, 0.15) is 0 Å². The van der Waals surface area contributed by atoms with E-state index in [1.165, 1.54) is 19.3 Å². The molecule has 2 atom stereocenters. The van der Waals surface area contributed by atoms with Gasteiger partial charge in [0.2, 0.25) is 0 Å². The fraction of sp³-hybridized carbons (Fsp3) is 0.909. The summed E-state index contributed by atoms with van der Waals surface area (Å²) in [7, 11) is 0. The van der Waals surface area contributed by atoms with Gasteiger partial charge >= 0.3 is 0 Å². The van der Waals surface area contributed by atoms with E-state index in [1.54, 1.807) is 0 Å². The normalized spacial score (nSPS) is 32.7. The molecule has 0 aromatic carbocycles. The Morgan fingerprint density at radius 3 is 2.64 bits per heavy atom. The molecule has 1 unspecified atom stereocenters. The van der Waals surface area contributed by atoms with E-state index in [-0.39, 0.29) is 0 Å². The molecular formula is C11H18N2O. The summed E-state index contributed by atoms with van der Waals surface area (Å²) in [6.07, 6.45) is 6.88. The smallest absolute Gasteiger partial charge is 0.179 e. The summed E-state index contributed by atoms with van der Waals surface area (Å²) in [4.78, 5) is 1.86. The van der Waals surface area contributed by atoms with Crippen LogP contribution in [0, 0.1) is 29.2 Å². The van der Waals surface area contributed by atoms with E-state index < -0.39 is 0 Å². The highest BCUT2D eigenvalue weighted by Gasteiger charge is 2.42. The lowest BCUT2D eigenvalue weighted by atomic mass is 9.91. The predicted octanol–water partition coefficient (Wildman–Crippen LogP) is 1.20. The van der Waals surface area contributed by atoms with Gasteiger partial charge in [-0.2, -0.15) is 5.26 Å². The highest BCUT2D eigenvalue weighted by Crippen LogP contribution is 2.49. The van der Waals surface area contributed by atoms with Crippen molar-refractivity contribution >= 4 is 0 Å². The SMILES string of the molecule is N#CN1CCC(C2C[C@H]2CCO)CC1. The van der Waals surface area contributed by atoms with E-state index in [1.807, 2.05) is 4.90 Å². The minimum absolute atomic E-state index is 0.345. The number of aliphatic hydroxyl groups is 1. The topological polar surface area (TPSA) is 47.3 Å². The Labute approximate surface area is 85.3 Å². The van der Waals surface area contributed by atoms with Crippen LogP contribution in [-0.2, 0) is 0 Å². The summed E-state index contributed by atoms with van der Waals surface area (Å²) < 4.78 is 0. The molecule has 2 fully saturated rings. The van der Waals surface area contributed by atoms with Gasteiger partial charge in [-0.3, -0.25) is 0 Å². The lowest BCUT2D eigenvalue weighted by Gasteiger charge is -2.28. The summed E-state index contributed by atoms with van der Waals surface area (Å²) in [6, 6.07) is 0. The molecule has 0 bridgehead atoms. The first-order valence-electron chi connectivity index (χ1n) is 5.60. The zero-order chi connectivity index (χ0) is 9.97. The number of hydrogen-bond donors (Lipinski definition) is 1. The predicted molar refractivity (Wildman–Crippen MR) is 53.2 cm³/mol. The van der Waals surface area contributed by atoms with E-state index in [4.69, 9.17) is 10.4 Å². The molecule has 1 aliphatic heterocycles. The lowest BCUT2D eigenvalue weighted by molar-refractivity contribution is 0.219. The molecule has 1 saturated heterocycles. The van der Waals surface area contributed by atoms with Crippen LogP contribution in [0.4, 0.5) is 0 Å². The van der Waals surface area contributed by atoms with Crippen LogP contribution >= 0.6 is 0 Å². The zero-order valence-electron chi connectivity index (χ0n) is 8.52. The minimum atomic E-state index is 0.345. The Morgan fingerprint density at radius 1 is 1.36 bits per heavy atom. The van der Waals surface area contributed by atoms with Gasteiger partial charge in [0.15, 0.2) is 6.19 Å². The second kappa shape index (κ2) is 4.18. The van der Waals surface area contributed by atoms with Gasteiger partial charge < -0.3 is 10.0 Å². The number of aliphatic hydroxyl groups excluding tert-OH is 1. The zero-order valence-corrected chi connectivity index (χ0v) is 8.52. The molecular weight excluding hydrogens is 176 g/mol. The summed E-state index contributed by atoms with van der Waals surface area (Å²) >= 11 is 0. The first-order valence-corrected chi connectivity index (χ1v) is 5.60. The van der Waals surface area contributed by atoms with Crippen molar-refractivity contribution in [3.63, 3.8) is 0 Å². The second-order valence-corrected chi connectivity index (χ2v) is 4.60. The van der Waals surface area contributed by atoms with Crippen LogP contribution < -0.4 is 0 Å². The minimum Gasteiger partial charge on any atom is -0.396 e. The van der Waals surface area contributed by atoms with Crippen LogP contribution in [0.5, 0.6) is 0 Å². The Bertz CT molecular complexity index is 228. The number of piperidine rings is 1. The summed E-state index contributed by atoms with van der Waals surface area (Å²) in [5.41, 5.74) is 0. The average Bonchev–Trinajstić information content (AvgIpc) is 2.98. The molecule has 14 heavy (non-hydrogen) atoms. The molecule has 3 heteroatoms. The third kappa shape index (κ3) is 2.01. The fourth-order valence-corrected chi connectivity index (χ4v) is 2.77. The highest BCUT2D eigenvalue weighted by atomic mass is 16.3. The molecule has 78 valence electrons. The maximum Gasteiger partial charge on any atom is 0.179 e. The number of likely N-dealkylation sites (tertiary alicyclic amines) is 1. The molecule has 1 heterocycles. The van der Waals surface area contributed by atoms with Crippen molar-refractivity contribution in [3.05, 3.63) is 0 Å². The number of nitrogens with zero attached hydrogens (tertiary/aromatic N) is 2. The number of hydrogen-bond acceptors (Lipinski definition) is 3. The molecule has 0 radical (unpaired) electrons. The van der Waals surface area contributed by atoms with E-state index in [9.17, 15) is 0 Å². The third-order valence-electron chi connectivity index (χ3n) is 3.76. The molecule has 2 aliphatic rings. The standard InChI is InChI=1S/C11H18N2O/c12-8-13-4-1-9(2-5-13)11-7-10(11)3-6-14/h9-11,14H,1-7H2/t10-,11?/m1/s1. The van der Waals surface area contributed by atoms with E-state index in [2.05, 4.69) is 6.19 Å². The van der Waals surface area contributed by atoms with Crippen molar-refractivity contribution < 1.29 is 5.11 Å². The van der Waals surface area contributed by atoms with E-state index in [0.717, 1.165) is 37.3 Å². The van der Waals surface area contributed by atoms with Gasteiger partial charge in [-0.15, -0.1) is 0 Å². The molecule has 1 saturated carbocycles. The van der Waals surface area contributed by atoms with Crippen molar-refractivity contribution in [3.8, 4) is 6.19 Å². The van der Waals surface area contributed by atoms with Crippen LogP contribution in [-0.4, -0.2) is 29.7 Å². The molecule has 2 rings (SSSR count). The van der Waals surface area contributed by atoms with E-state index >= 15 is 0 Å². The van der Waals surface area contributed by atoms with Crippen molar-refractivity contribution in [2.45, 2.75) is 25.7 Å². The first-order chi connectivity index (χ1) is 6.85. The van der Waals surface area contributed by atoms with Gasteiger partial charge in [0.25, 0.3) is 0 Å². The van der Waals surface area contributed by atoms with E-state index in [0.29, 0.717) is 6.61 Å². The van der Waals surface area contributed by atoms with Gasteiger partial charge in [0, 0.05) is 19.7 Å². The Hall–Kier alpha value is -0.750. The molecule has 0 amide bonds. The Kier molecular flexibility index (Phi) is 2.93. The molecule has 0 aromatic rings. The second-order valence-electron chi connectivity index (χ2n) is 4.60. The molecule has 1 N–H and O–H groups in total. The van der Waals surface area contributed by atoms with Gasteiger partial charge in [0.05, 0.1) is 0 Å². The molecule has 0 aromatic heterocycles. The van der Waals surface area contributed by atoms with Crippen molar-refractivity contribution in [1.82, 2.24) is 4.90 Å². The first kappa shape index (κ1) is 9.79. The molecule has 3 nitrogen and oxygen atoms in total. The molecule has 0 spiro atoms. The van der Waals surface area contributed by atoms with Crippen molar-refractivity contribution in [2.75, 3.05) is 19.7 Å².